The molecular weight excluding hydrogens is 246 g/mol. The van der Waals surface area contributed by atoms with Gasteiger partial charge in [0.15, 0.2) is 0 Å². The molecule has 1 aromatic carbocycles. The van der Waals surface area contributed by atoms with Gasteiger partial charge >= 0.3 is 0 Å². The predicted octanol–water partition coefficient (Wildman–Crippen LogP) is 2.50. The van der Waals surface area contributed by atoms with Crippen molar-refractivity contribution in [3.8, 4) is 0 Å². The van der Waals surface area contributed by atoms with Crippen LogP contribution in [0, 0.1) is 0 Å². The Morgan fingerprint density at radius 3 is 2.35 bits per heavy atom. The quantitative estimate of drug-likeness (QED) is 0.727. The molecule has 0 amide bonds. The maximum atomic E-state index is 5.92. The number of hydrogen-bond donors (Lipinski definition) is 2. The Morgan fingerprint density at radius 1 is 1.20 bits per heavy atom. The molecule has 3 N–H and O–H groups in total. The van der Waals surface area contributed by atoms with Crippen LogP contribution in [0.1, 0.15) is 49.8 Å². The molecular formula is C17H29N3. The first-order chi connectivity index (χ1) is 9.78. The van der Waals surface area contributed by atoms with Crippen LogP contribution in [0.3, 0.4) is 0 Å². The van der Waals surface area contributed by atoms with Gasteiger partial charge in [-0.3, -0.25) is 0 Å². The van der Waals surface area contributed by atoms with E-state index in [-0.39, 0.29) is 6.04 Å². The third-order valence-electron chi connectivity index (χ3n) is 4.34. The molecule has 1 aliphatic carbocycles. The fourth-order valence-electron chi connectivity index (χ4n) is 2.69. The highest BCUT2D eigenvalue weighted by atomic mass is 15.1. The van der Waals surface area contributed by atoms with Crippen molar-refractivity contribution in [2.45, 2.75) is 38.6 Å². The number of nitrogens with one attached hydrogen (secondary N) is 1. The lowest BCUT2D eigenvalue weighted by atomic mass is 10.0. The average molecular weight is 275 g/mol. The second-order valence-electron chi connectivity index (χ2n) is 5.71. The molecule has 1 unspecified atom stereocenters. The Hall–Kier alpha value is -0.900. The normalized spacial score (nSPS) is 16.6. The second-order valence-corrected chi connectivity index (χ2v) is 5.71. The monoisotopic (exact) mass is 275 g/mol. The van der Waals surface area contributed by atoms with Gasteiger partial charge in [0.05, 0.1) is 0 Å². The van der Waals surface area contributed by atoms with E-state index in [0.29, 0.717) is 6.54 Å². The standard InChI is InChI=1S/C17H29N3/c1-3-20(4-2)12-11-19-17(13-18)16-9-7-15(8-10-16)14-5-6-14/h7-10,14,17,19H,3-6,11-13,18H2,1-2H3. The fourth-order valence-corrected chi connectivity index (χ4v) is 2.69. The minimum absolute atomic E-state index is 0.277. The summed E-state index contributed by atoms with van der Waals surface area (Å²) in [6.45, 7) is 9.38. The number of benzene rings is 1. The molecule has 1 fully saturated rings. The van der Waals surface area contributed by atoms with Gasteiger partial charge in [0, 0.05) is 25.7 Å². The SMILES string of the molecule is CCN(CC)CCNC(CN)c1ccc(C2CC2)cc1. The molecule has 1 aliphatic rings. The predicted molar refractivity (Wildman–Crippen MR) is 86.0 cm³/mol. The van der Waals surface area contributed by atoms with Crippen LogP contribution in [0.5, 0.6) is 0 Å². The number of hydrogen-bond acceptors (Lipinski definition) is 3. The Labute approximate surface area is 123 Å². The van der Waals surface area contributed by atoms with Gasteiger partial charge < -0.3 is 16.0 Å². The van der Waals surface area contributed by atoms with E-state index in [9.17, 15) is 0 Å². The highest BCUT2D eigenvalue weighted by Gasteiger charge is 2.23. The van der Waals surface area contributed by atoms with Gasteiger partial charge in [0.1, 0.15) is 0 Å². The molecule has 0 radical (unpaired) electrons. The van der Waals surface area contributed by atoms with Crippen LogP contribution >= 0.6 is 0 Å². The number of likely N-dealkylation sites (N-methyl/N-ethyl adjacent to an activating group) is 1. The highest BCUT2D eigenvalue weighted by molar-refractivity contribution is 5.29. The van der Waals surface area contributed by atoms with Crippen LogP contribution in [0.25, 0.3) is 0 Å². The van der Waals surface area contributed by atoms with Crippen LogP contribution < -0.4 is 11.1 Å². The molecule has 112 valence electrons. The second kappa shape index (κ2) is 7.77. The summed E-state index contributed by atoms with van der Waals surface area (Å²) >= 11 is 0. The molecule has 2 rings (SSSR count). The van der Waals surface area contributed by atoms with E-state index < -0.39 is 0 Å². The Kier molecular flexibility index (Phi) is 6.02. The molecule has 0 aliphatic heterocycles. The summed E-state index contributed by atoms with van der Waals surface area (Å²) in [5.74, 6) is 0.830. The van der Waals surface area contributed by atoms with E-state index in [0.717, 1.165) is 32.1 Å². The molecule has 3 nitrogen and oxygen atoms in total. The van der Waals surface area contributed by atoms with E-state index in [1.165, 1.54) is 24.0 Å². The third kappa shape index (κ3) is 4.30. The Balaban J connectivity index is 1.83. The van der Waals surface area contributed by atoms with Gasteiger partial charge in [0.25, 0.3) is 0 Å². The third-order valence-corrected chi connectivity index (χ3v) is 4.34. The van der Waals surface area contributed by atoms with Gasteiger partial charge in [-0.15, -0.1) is 0 Å². The number of rotatable bonds is 9. The average Bonchev–Trinajstić information content (AvgIpc) is 3.33. The first kappa shape index (κ1) is 15.5. The zero-order valence-electron chi connectivity index (χ0n) is 12.9. The largest absolute Gasteiger partial charge is 0.329 e. The van der Waals surface area contributed by atoms with E-state index in [1.54, 1.807) is 0 Å². The van der Waals surface area contributed by atoms with Crippen molar-refractivity contribution in [1.82, 2.24) is 10.2 Å². The van der Waals surface area contributed by atoms with Crippen molar-refractivity contribution >= 4 is 0 Å². The van der Waals surface area contributed by atoms with Crippen LogP contribution in [0.2, 0.25) is 0 Å². The van der Waals surface area contributed by atoms with Crippen molar-refractivity contribution in [1.29, 1.82) is 0 Å². The van der Waals surface area contributed by atoms with Crippen LogP contribution in [-0.4, -0.2) is 37.6 Å². The molecule has 1 atom stereocenters. The smallest absolute Gasteiger partial charge is 0.0444 e. The summed E-state index contributed by atoms with van der Waals surface area (Å²) in [5.41, 5.74) is 8.73. The summed E-state index contributed by atoms with van der Waals surface area (Å²) in [5, 5.41) is 3.58. The Morgan fingerprint density at radius 2 is 1.85 bits per heavy atom. The zero-order valence-corrected chi connectivity index (χ0v) is 12.9. The summed E-state index contributed by atoms with van der Waals surface area (Å²) in [6.07, 6.45) is 2.73. The van der Waals surface area contributed by atoms with Crippen LogP contribution in [-0.2, 0) is 0 Å². The first-order valence-corrected chi connectivity index (χ1v) is 8.04. The summed E-state index contributed by atoms with van der Waals surface area (Å²) in [4.78, 5) is 2.43. The molecule has 0 aromatic heterocycles. The van der Waals surface area contributed by atoms with Gasteiger partial charge in [-0.2, -0.15) is 0 Å². The number of nitrogens with zero attached hydrogens (tertiary/aromatic N) is 1. The summed E-state index contributed by atoms with van der Waals surface area (Å²) < 4.78 is 0. The molecule has 20 heavy (non-hydrogen) atoms. The maximum Gasteiger partial charge on any atom is 0.0444 e. The minimum atomic E-state index is 0.277. The summed E-state index contributed by atoms with van der Waals surface area (Å²) in [6, 6.07) is 9.33. The Bertz CT molecular complexity index is 380. The molecule has 0 heterocycles. The van der Waals surface area contributed by atoms with Crippen LogP contribution in [0.15, 0.2) is 24.3 Å². The van der Waals surface area contributed by atoms with Crippen molar-refractivity contribution in [3.05, 3.63) is 35.4 Å². The molecule has 0 bridgehead atoms. The van der Waals surface area contributed by atoms with Crippen LogP contribution in [0.4, 0.5) is 0 Å². The number of nitrogens with two attached hydrogens (primary N) is 1. The van der Waals surface area contributed by atoms with E-state index in [2.05, 4.69) is 48.3 Å². The van der Waals surface area contributed by atoms with Crippen molar-refractivity contribution in [2.75, 3.05) is 32.7 Å². The molecule has 3 heteroatoms. The van der Waals surface area contributed by atoms with Gasteiger partial charge in [-0.25, -0.2) is 0 Å². The lowest BCUT2D eigenvalue weighted by Gasteiger charge is -2.22. The molecule has 0 saturated heterocycles. The minimum Gasteiger partial charge on any atom is -0.329 e. The molecule has 0 spiro atoms. The zero-order chi connectivity index (χ0) is 14.4. The topological polar surface area (TPSA) is 41.3 Å². The van der Waals surface area contributed by atoms with Gasteiger partial charge in [-0.1, -0.05) is 38.1 Å². The van der Waals surface area contributed by atoms with E-state index in [4.69, 9.17) is 5.73 Å². The first-order valence-electron chi connectivity index (χ1n) is 8.04. The lowest BCUT2D eigenvalue weighted by Crippen LogP contribution is -2.36. The van der Waals surface area contributed by atoms with Gasteiger partial charge in [0.2, 0.25) is 0 Å². The van der Waals surface area contributed by atoms with Crippen molar-refractivity contribution < 1.29 is 0 Å². The lowest BCUT2D eigenvalue weighted by molar-refractivity contribution is 0.297. The highest BCUT2D eigenvalue weighted by Crippen LogP contribution is 2.40. The molecule has 1 aromatic rings. The van der Waals surface area contributed by atoms with Crippen molar-refractivity contribution in [2.24, 2.45) is 5.73 Å². The molecule has 1 saturated carbocycles. The van der Waals surface area contributed by atoms with Gasteiger partial charge in [-0.05, 0) is 43.0 Å². The fraction of sp³-hybridized carbons (Fsp3) is 0.647. The summed E-state index contributed by atoms with van der Waals surface area (Å²) in [7, 11) is 0. The van der Waals surface area contributed by atoms with Crippen molar-refractivity contribution in [3.63, 3.8) is 0 Å². The van der Waals surface area contributed by atoms with E-state index >= 15 is 0 Å². The van der Waals surface area contributed by atoms with E-state index in [1.807, 2.05) is 0 Å². The maximum absolute atomic E-state index is 5.92.